The van der Waals surface area contributed by atoms with Crippen LogP contribution in [0.1, 0.15) is 18.6 Å². The molecule has 0 atom stereocenters. The minimum Gasteiger partial charge on any atom is -0.454 e. The zero-order chi connectivity index (χ0) is 10.7. The maximum Gasteiger partial charge on any atom is 0.164 e. The first-order chi connectivity index (χ1) is 7.25. The zero-order valence-electron chi connectivity index (χ0n) is 9.00. The number of halogens is 1. The third-order valence-corrected chi connectivity index (χ3v) is 3.32. The predicted molar refractivity (Wildman–Crippen MR) is 68.8 cm³/mol. The van der Waals surface area contributed by atoms with Gasteiger partial charge in [-0.1, -0.05) is 0 Å². The largest absolute Gasteiger partial charge is 0.454 e. The van der Waals surface area contributed by atoms with Crippen LogP contribution in [0, 0.1) is 3.77 Å². The van der Waals surface area contributed by atoms with Gasteiger partial charge in [-0.25, -0.2) is 0 Å². The highest BCUT2D eigenvalue weighted by Crippen LogP contribution is 2.24. The van der Waals surface area contributed by atoms with E-state index in [-0.39, 0.29) is 0 Å². The fourth-order valence-electron chi connectivity index (χ4n) is 1.61. The average molecular weight is 320 g/mol. The molecule has 2 rings (SSSR count). The summed E-state index contributed by atoms with van der Waals surface area (Å²) in [6.45, 7) is 2.99. The SMILES string of the molecule is CN(CCNCc1ccc(I)o1)C1CC1. The van der Waals surface area contributed by atoms with Crippen molar-refractivity contribution in [2.45, 2.75) is 25.4 Å². The highest BCUT2D eigenvalue weighted by molar-refractivity contribution is 14.1. The molecule has 0 amide bonds. The highest BCUT2D eigenvalue weighted by Gasteiger charge is 2.25. The van der Waals surface area contributed by atoms with Gasteiger partial charge in [-0.15, -0.1) is 0 Å². The minimum absolute atomic E-state index is 0.835. The fourth-order valence-corrected chi connectivity index (χ4v) is 2.07. The summed E-state index contributed by atoms with van der Waals surface area (Å²) in [4.78, 5) is 2.43. The van der Waals surface area contributed by atoms with E-state index in [1.165, 1.54) is 12.8 Å². The summed E-state index contributed by atoms with van der Waals surface area (Å²) in [6.07, 6.45) is 2.76. The summed E-state index contributed by atoms with van der Waals surface area (Å²) < 4.78 is 6.42. The lowest BCUT2D eigenvalue weighted by Gasteiger charge is -2.15. The van der Waals surface area contributed by atoms with E-state index in [9.17, 15) is 0 Å². The van der Waals surface area contributed by atoms with Gasteiger partial charge in [0.2, 0.25) is 0 Å². The van der Waals surface area contributed by atoms with Gasteiger partial charge in [0.05, 0.1) is 6.54 Å². The van der Waals surface area contributed by atoms with Crippen molar-refractivity contribution in [3.05, 3.63) is 21.7 Å². The van der Waals surface area contributed by atoms with Crippen LogP contribution in [0.25, 0.3) is 0 Å². The Morgan fingerprint density at radius 3 is 2.93 bits per heavy atom. The quantitative estimate of drug-likeness (QED) is 0.642. The first-order valence-corrected chi connectivity index (χ1v) is 6.49. The molecule has 0 aliphatic heterocycles. The van der Waals surface area contributed by atoms with Crippen LogP contribution in [0.3, 0.4) is 0 Å². The highest BCUT2D eigenvalue weighted by atomic mass is 127. The standard InChI is InChI=1S/C11H17IN2O/c1-14(9-2-3-9)7-6-13-8-10-4-5-11(12)15-10/h4-5,9,13H,2-3,6-8H2,1H3. The molecule has 3 nitrogen and oxygen atoms in total. The number of likely N-dealkylation sites (N-methyl/N-ethyl adjacent to an activating group) is 1. The van der Waals surface area contributed by atoms with E-state index in [1.54, 1.807) is 0 Å². The van der Waals surface area contributed by atoms with E-state index in [2.05, 4.69) is 39.9 Å². The number of furan rings is 1. The second-order valence-corrected chi connectivity index (χ2v) is 5.16. The smallest absolute Gasteiger partial charge is 0.164 e. The molecule has 1 aliphatic carbocycles. The molecule has 15 heavy (non-hydrogen) atoms. The van der Waals surface area contributed by atoms with Gasteiger partial charge in [0.15, 0.2) is 3.77 Å². The summed E-state index contributed by atoms with van der Waals surface area (Å²) in [5.74, 6) is 1.02. The molecule has 84 valence electrons. The van der Waals surface area contributed by atoms with E-state index in [4.69, 9.17) is 4.42 Å². The Hall–Kier alpha value is -0.0700. The van der Waals surface area contributed by atoms with Crippen LogP contribution in [0.4, 0.5) is 0 Å². The molecule has 1 N–H and O–H groups in total. The molecule has 1 aromatic heterocycles. The van der Waals surface area contributed by atoms with Crippen LogP contribution in [-0.4, -0.2) is 31.1 Å². The third-order valence-electron chi connectivity index (χ3n) is 2.74. The van der Waals surface area contributed by atoms with Crippen LogP contribution < -0.4 is 5.32 Å². The molecule has 1 fully saturated rings. The molecular weight excluding hydrogens is 303 g/mol. The molecule has 0 unspecified atom stereocenters. The first kappa shape index (κ1) is 11.4. The fraction of sp³-hybridized carbons (Fsp3) is 0.636. The Balaban J connectivity index is 1.58. The Morgan fingerprint density at radius 2 is 2.33 bits per heavy atom. The van der Waals surface area contributed by atoms with E-state index in [0.717, 1.165) is 35.2 Å². The molecule has 1 aliphatic rings. The maximum atomic E-state index is 5.46. The normalized spacial score (nSPS) is 16.2. The predicted octanol–water partition coefficient (Wildman–Crippen LogP) is 2.07. The van der Waals surface area contributed by atoms with E-state index in [0.29, 0.717) is 0 Å². The lowest BCUT2D eigenvalue weighted by molar-refractivity contribution is 0.319. The lowest BCUT2D eigenvalue weighted by atomic mass is 10.4. The Labute approximate surface area is 104 Å². The third kappa shape index (κ3) is 3.77. The average Bonchev–Trinajstić information content (AvgIpc) is 2.98. The summed E-state index contributed by atoms with van der Waals surface area (Å²) in [6, 6.07) is 4.88. The second kappa shape index (κ2) is 5.32. The zero-order valence-corrected chi connectivity index (χ0v) is 11.2. The van der Waals surface area contributed by atoms with E-state index in [1.807, 2.05) is 12.1 Å². The molecule has 1 heterocycles. The molecule has 0 radical (unpaired) electrons. The molecule has 1 saturated carbocycles. The first-order valence-electron chi connectivity index (χ1n) is 5.41. The molecule has 4 heteroatoms. The van der Waals surface area contributed by atoms with Gasteiger partial charge < -0.3 is 14.6 Å². The number of nitrogens with zero attached hydrogens (tertiary/aromatic N) is 1. The van der Waals surface area contributed by atoms with Crippen molar-refractivity contribution in [1.29, 1.82) is 0 Å². The van der Waals surface area contributed by atoms with Gasteiger partial charge in [-0.3, -0.25) is 0 Å². The Bertz CT molecular complexity index is 309. The van der Waals surface area contributed by atoms with Gasteiger partial charge in [-0.05, 0) is 54.6 Å². The van der Waals surface area contributed by atoms with Gasteiger partial charge in [0, 0.05) is 19.1 Å². The summed E-state index contributed by atoms with van der Waals surface area (Å²) in [7, 11) is 2.20. The minimum atomic E-state index is 0.835. The Kier molecular flexibility index (Phi) is 4.05. The monoisotopic (exact) mass is 320 g/mol. The molecule has 0 bridgehead atoms. The summed E-state index contributed by atoms with van der Waals surface area (Å²) in [5.41, 5.74) is 0. The topological polar surface area (TPSA) is 28.4 Å². The van der Waals surface area contributed by atoms with Crippen LogP contribution in [0.15, 0.2) is 16.5 Å². The van der Waals surface area contributed by atoms with Gasteiger partial charge >= 0.3 is 0 Å². The van der Waals surface area contributed by atoms with Crippen molar-refractivity contribution in [2.75, 3.05) is 20.1 Å². The molecule has 1 aromatic rings. The van der Waals surface area contributed by atoms with Gasteiger partial charge in [0.1, 0.15) is 5.76 Å². The van der Waals surface area contributed by atoms with Crippen LogP contribution in [0.2, 0.25) is 0 Å². The van der Waals surface area contributed by atoms with Crippen molar-refractivity contribution in [2.24, 2.45) is 0 Å². The van der Waals surface area contributed by atoms with Crippen LogP contribution in [0.5, 0.6) is 0 Å². The van der Waals surface area contributed by atoms with Gasteiger partial charge in [-0.2, -0.15) is 0 Å². The van der Waals surface area contributed by atoms with Crippen molar-refractivity contribution in [3.63, 3.8) is 0 Å². The van der Waals surface area contributed by atoms with Gasteiger partial charge in [0.25, 0.3) is 0 Å². The number of nitrogens with one attached hydrogen (secondary N) is 1. The molecular formula is C11H17IN2O. The summed E-state index contributed by atoms with van der Waals surface area (Å²) >= 11 is 2.19. The Morgan fingerprint density at radius 1 is 1.53 bits per heavy atom. The number of hydrogen-bond donors (Lipinski definition) is 1. The van der Waals surface area contributed by atoms with Crippen molar-refractivity contribution in [3.8, 4) is 0 Å². The molecule has 0 aromatic carbocycles. The second-order valence-electron chi connectivity index (χ2n) is 4.09. The van der Waals surface area contributed by atoms with E-state index < -0.39 is 0 Å². The lowest BCUT2D eigenvalue weighted by Crippen LogP contribution is -2.30. The van der Waals surface area contributed by atoms with E-state index >= 15 is 0 Å². The number of rotatable bonds is 6. The number of hydrogen-bond acceptors (Lipinski definition) is 3. The summed E-state index contributed by atoms with van der Waals surface area (Å²) in [5, 5.41) is 3.39. The maximum absolute atomic E-state index is 5.46. The molecule has 0 saturated heterocycles. The van der Waals surface area contributed by atoms with Crippen molar-refractivity contribution in [1.82, 2.24) is 10.2 Å². The van der Waals surface area contributed by atoms with Crippen molar-refractivity contribution >= 4 is 22.6 Å². The molecule has 0 spiro atoms. The van der Waals surface area contributed by atoms with Crippen LogP contribution >= 0.6 is 22.6 Å². The van der Waals surface area contributed by atoms with Crippen molar-refractivity contribution < 1.29 is 4.42 Å². The van der Waals surface area contributed by atoms with Crippen LogP contribution in [-0.2, 0) is 6.54 Å².